The molecule has 7 heteroatoms. The molecule has 0 aliphatic heterocycles. The summed E-state index contributed by atoms with van der Waals surface area (Å²) in [7, 11) is -4.61. The molecular weight excluding hydrogens is 159 g/mol. The third kappa shape index (κ3) is 75.7. The van der Waals surface area contributed by atoms with E-state index in [0.29, 0.717) is 0 Å². The van der Waals surface area contributed by atoms with Crippen LogP contribution in [0.25, 0.3) is 0 Å². The minimum Gasteiger partial charge on any atom is -1.00 e. The smallest absolute Gasteiger partial charge is 1.00 e. The Balaban J connectivity index is -0.0000000267. The maximum absolute atomic E-state index is 7.33. The molecule has 0 saturated heterocycles. The van der Waals surface area contributed by atoms with Crippen molar-refractivity contribution in [2.75, 3.05) is 0 Å². The van der Waals surface area contributed by atoms with Gasteiger partial charge in [-0.3, -0.25) is 0 Å². The monoisotopic (exact) mass is 168 g/mol. The van der Waals surface area contributed by atoms with Gasteiger partial charge in [-0.25, -0.2) is 0 Å². The molecule has 42 valence electrons. The van der Waals surface area contributed by atoms with E-state index in [9.17, 15) is 0 Å². The van der Waals surface area contributed by atoms with Gasteiger partial charge in [-0.15, -0.1) is 0 Å². The fourth-order valence-corrected chi connectivity index (χ4v) is 0. The van der Waals surface area contributed by atoms with Crippen molar-refractivity contribution in [2.24, 2.45) is 0 Å². The zero-order valence-electron chi connectivity index (χ0n) is 4.29. The van der Waals surface area contributed by atoms with E-state index in [1.807, 2.05) is 0 Å². The van der Waals surface area contributed by atoms with E-state index in [2.05, 4.69) is 0 Å². The third-order valence-corrected chi connectivity index (χ3v) is 0. The largest absolute Gasteiger partial charge is 1.00 e. The molecule has 0 aromatic carbocycles. The molecule has 0 spiro atoms. The maximum Gasteiger partial charge on any atom is 1.00 e. The number of hydrogen-bond acceptors (Lipinski definition) is 4. The predicted octanol–water partition coefficient (Wildman–Crippen LogP) is -6.94. The van der Waals surface area contributed by atoms with Crippen LogP contribution in [0.15, 0.2) is 0 Å². The van der Waals surface area contributed by atoms with E-state index in [1.54, 1.807) is 0 Å². The Kier molecular flexibility index (Phi) is 13.8. The van der Waals surface area contributed by atoms with Crippen LogP contribution in [0.1, 0.15) is 1.43 Å². The molecule has 0 rings (SSSR count). The van der Waals surface area contributed by atoms with Crippen molar-refractivity contribution in [3.8, 4) is 0 Å². The second kappa shape index (κ2) is 6.04. The first-order valence-electron chi connectivity index (χ1n) is 0.894. The van der Waals surface area contributed by atoms with Gasteiger partial charge < -0.3 is 20.6 Å². The van der Waals surface area contributed by atoms with Crippen molar-refractivity contribution in [2.45, 2.75) is 0 Å². The molecule has 0 aliphatic rings. The van der Waals surface area contributed by atoms with Crippen molar-refractivity contribution in [3.63, 3.8) is 0 Å². The van der Waals surface area contributed by atoms with Crippen LogP contribution in [0, 0.1) is 0 Å². The molecule has 0 radical (unpaired) electrons. The van der Waals surface area contributed by atoms with Crippen LogP contribution in [0.3, 0.4) is 0 Å². The zero-order chi connectivity index (χ0) is 4.50. The van der Waals surface area contributed by atoms with Gasteiger partial charge in [0.15, 0.2) is 0 Å². The average molecular weight is 168 g/mol. The average Bonchev–Trinajstić information content (AvgIpc) is 0.722. The van der Waals surface area contributed by atoms with Crippen molar-refractivity contribution >= 4 is 20.0 Å². The Morgan fingerprint density at radius 3 is 1.00 bits per heavy atom. The van der Waals surface area contributed by atoms with E-state index in [1.165, 1.54) is 0 Å². The van der Waals surface area contributed by atoms with E-state index in [4.69, 9.17) is 19.2 Å². The second-order valence-corrected chi connectivity index (χ2v) is 1.80. The Hall–Kier alpha value is 1.91. The third-order valence-electron chi connectivity index (χ3n) is 0. The summed E-state index contributed by atoms with van der Waals surface area (Å²) in [5, 5.41) is 0. The first-order valence-corrected chi connectivity index (χ1v) is 2.68. The Bertz CT molecular complexity index is 29.5. The molecule has 7 heavy (non-hydrogen) atoms. The van der Waals surface area contributed by atoms with Gasteiger partial charge in [0.25, 0.3) is 0 Å². The van der Waals surface area contributed by atoms with Gasteiger partial charge in [0.05, 0.1) is 0 Å². The Labute approximate surface area is 90.6 Å². The van der Waals surface area contributed by atoms with Gasteiger partial charge in [-0.2, -0.15) is 0 Å². The second-order valence-electron chi connectivity index (χ2n) is 0.600. The van der Waals surface area contributed by atoms with Gasteiger partial charge in [-0.1, -0.05) is 0 Å². The summed E-state index contributed by atoms with van der Waals surface area (Å²) in [5.74, 6) is 0. The van der Waals surface area contributed by atoms with Gasteiger partial charge in [0.2, 0.25) is 0 Å². The minimum atomic E-state index is -4.61. The van der Waals surface area contributed by atoms with Gasteiger partial charge in [0, 0.05) is 0 Å². The van der Waals surface area contributed by atoms with E-state index >= 15 is 0 Å². The molecule has 0 aliphatic carbocycles. The van der Waals surface area contributed by atoms with Gasteiger partial charge >= 0.3 is 60.4 Å². The Morgan fingerprint density at radius 2 is 1.00 bits per heavy atom. The fourth-order valence-electron chi connectivity index (χ4n) is 0. The van der Waals surface area contributed by atoms with Gasteiger partial charge in [-0.05, 0) is 11.0 Å². The molecule has 0 saturated carbocycles. The first kappa shape index (κ1) is 16.0. The standard InChI is InChI=1S/K.H4O4Si.H4Si.H/c;1-5(2,3)4;;/h;1-4H;1H4;/q+1;;;-1. The molecule has 0 bridgehead atoms. The molecule has 0 aromatic rings. The topological polar surface area (TPSA) is 80.9 Å². The van der Waals surface area contributed by atoms with Crippen molar-refractivity contribution in [1.29, 1.82) is 0 Å². The molecule has 0 amide bonds. The molecular formula is H9KO4Si2. The molecule has 0 atom stereocenters. The Morgan fingerprint density at radius 1 is 1.00 bits per heavy atom. The van der Waals surface area contributed by atoms with E-state index in [0.717, 1.165) is 0 Å². The van der Waals surface area contributed by atoms with E-state index in [-0.39, 0.29) is 63.8 Å². The number of rotatable bonds is 0. The normalized spacial score (nSPS) is 8.57. The summed E-state index contributed by atoms with van der Waals surface area (Å²) in [6, 6.07) is 0. The molecule has 0 fully saturated rings. The van der Waals surface area contributed by atoms with Crippen LogP contribution in [0.4, 0.5) is 0 Å². The summed E-state index contributed by atoms with van der Waals surface area (Å²) in [6.45, 7) is 0. The molecule has 4 nitrogen and oxygen atoms in total. The van der Waals surface area contributed by atoms with Crippen molar-refractivity contribution in [1.82, 2.24) is 0 Å². The number of hydrogen-bond donors (Lipinski definition) is 4. The van der Waals surface area contributed by atoms with E-state index < -0.39 is 9.05 Å². The van der Waals surface area contributed by atoms with Crippen LogP contribution >= 0.6 is 0 Å². The van der Waals surface area contributed by atoms with Crippen LogP contribution in [0.5, 0.6) is 0 Å². The minimum absolute atomic E-state index is 0. The summed E-state index contributed by atoms with van der Waals surface area (Å²) in [6.07, 6.45) is 0. The maximum atomic E-state index is 7.33. The zero-order valence-corrected chi connectivity index (χ0v) is 7.41. The summed E-state index contributed by atoms with van der Waals surface area (Å²) in [4.78, 5) is 29.3. The van der Waals surface area contributed by atoms with Crippen LogP contribution < -0.4 is 51.4 Å². The molecule has 0 heterocycles. The SMILES string of the molecule is O[Si](O)(O)O.[H-].[K+].[SiH4]. The van der Waals surface area contributed by atoms with Crippen molar-refractivity contribution in [3.05, 3.63) is 0 Å². The van der Waals surface area contributed by atoms with Crippen molar-refractivity contribution < 1.29 is 72.0 Å². The molecule has 0 unspecified atom stereocenters. The molecule has 0 aromatic heterocycles. The summed E-state index contributed by atoms with van der Waals surface area (Å²) in [5.41, 5.74) is 0. The molecule has 4 N–H and O–H groups in total. The van der Waals surface area contributed by atoms with Crippen LogP contribution in [-0.4, -0.2) is 39.2 Å². The summed E-state index contributed by atoms with van der Waals surface area (Å²) < 4.78 is 0. The van der Waals surface area contributed by atoms with Crippen LogP contribution in [0.2, 0.25) is 0 Å². The van der Waals surface area contributed by atoms with Gasteiger partial charge in [0.1, 0.15) is 0 Å². The van der Waals surface area contributed by atoms with Crippen LogP contribution in [-0.2, 0) is 0 Å². The predicted molar refractivity (Wildman–Crippen MR) is 27.1 cm³/mol. The first-order chi connectivity index (χ1) is 2.00. The summed E-state index contributed by atoms with van der Waals surface area (Å²) >= 11 is 0. The fraction of sp³-hybridized carbons (Fsp3) is 0. The quantitative estimate of drug-likeness (QED) is 0.271.